The Bertz CT molecular complexity index is 579. The zero-order valence-corrected chi connectivity index (χ0v) is 9.63. The van der Waals surface area contributed by atoms with Gasteiger partial charge < -0.3 is 15.9 Å². The number of benzene rings is 2. The highest BCUT2D eigenvalue weighted by atomic mass is 16.4. The van der Waals surface area contributed by atoms with E-state index in [0.717, 1.165) is 5.56 Å². The molecule has 0 fully saturated rings. The molecule has 92 valence electrons. The van der Waals surface area contributed by atoms with Gasteiger partial charge in [-0.25, -0.2) is 4.79 Å². The van der Waals surface area contributed by atoms with Crippen LogP contribution < -0.4 is 5.73 Å². The Hall–Kier alpha value is -2.49. The lowest BCUT2D eigenvalue weighted by molar-refractivity contribution is 0.0693. The second kappa shape index (κ2) is 4.79. The van der Waals surface area contributed by atoms with Crippen LogP contribution in [0.3, 0.4) is 0 Å². The summed E-state index contributed by atoms with van der Waals surface area (Å²) in [6.07, 6.45) is 0.442. The topological polar surface area (TPSA) is 83.5 Å². The van der Waals surface area contributed by atoms with Gasteiger partial charge >= 0.3 is 5.97 Å². The summed E-state index contributed by atoms with van der Waals surface area (Å²) in [7, 11) is 0. The van der Waals surface area contributed by atoms with Crippen LogP contribution in [-0.4, -0.2) is 16.2 Å². The first-order valence-electron chi connectivity index (χ1n) is 5.46. The summed E-state index contributed by atoms with van der Waals surface area (Å²) < 4.78 is 0. The molecule has 2 aromatic carbocycles. The number of aromatic carboxylic acids is 1. The van der Waals surface area contributed by atoms with Crippen molar-refractivity contribution in [2.24, 2.45) is 0 Å². The first-order chi connectivity index (χ1) is 8.58. The van der Waals surface area contributed by atoms with Crippen LogP contribution >= 0.6 is 0 Å². The van der Waals surface area contributed by atoms with Gasteiger partial charge in [0.15, 0.2) is 0 Å². The SMILES string of the molecule is Nc1cc(Cc2ccccc2)c(O)c(C(=O)O)c1. The minimum absolute atomic E-state index is 0.166. The van der Waals surface area contributed by atoms with Crippen molar-refractivity contribution in [1.29, 1.82) is 0 Å². The molecule has 0 aliphatic heterocycles. The number of nitrogens with two attached hydrogens (primary N) is 1. The van der Waals surface area contributed by atoms with Crippen LogP contribution in [-0.2, 0) is 6.42 Å². The number of phenols is 1. The lowest BCUT2D eigenvalue weighted by Crippen LogP contribution is -2.02. The summed E-state index contributed by atoms with van der Waals surface area (Å²) in [5.41, 5.74) is 7.30. The Balaban J connectivity index is 2.42. The fraction of sp³-hybridized carbons (Fsp3) is 0.0714. The van der Waals surface area contributed by atoms with Crippen LogP contribution in [0.25, 0.3) is 0 Å². The van der Waals surface area contributed by atoms with Crippen LogP contribution in [0.15, 0.2) is 42.5 Å². The van der Waals surface area contributed by atoms with E-state index in [4.69, 9.17) is 10.8 Å². The third kappa shape index (κ3) is 2.43. The van der Waals surface area contributed by atoms with Crippen molar-refractivity contribution in [3.63, 3.8) is 0 Å². The number of rotatable bonds is 3. The van der Waals surface area contributed by atoms with E-state index >= 15 is 0 Å². The number of hydrogen-bond donors (Lipinski definition) is 3. The van der Waals surface area contributed by atoms with E-state index in [1.165, 1.54) is 6.07 Å². The zero-order chi connectivity index (χ0) is 13.1. The van der Waals surface area contributed by atoms with Gasteiger partial charge in [0.1, 0.15) is 11.3 Å². The Labute approximate surface area is 104 Å². The molecule has 0 bridgehead atoms. The van der Waals surface area contributed by atoms with Crippen LogP contribution in [0.2, 0.25) is 0 Å². The molecule has 0 radical (unpaired) electrons. The number of carboxylic acid groups (broad SMARTS) is 1. The summed E-state index contributed by atoms with van der Waals surface area (Å²) in [5.74, 6) is -1.41. The predicted molar refractivity (Wildman–Crippen MR) is 68.7 cm³/mol. The van der Waals surface area contributed by atoms with Gasteiger partial charge in [0.05, 0.1) is 0 Å². The fourth-order valence-electron chi connectivity index (χ4n) is 1.83. The third-order valence-corrected chi connectivity index (χ3v) is 2.68. The van der Waals surface area contributed by atoms with Gasteiger partial charge in [-0.2, -0.15) is 0 Å². The van der Waals surface area contributed by atoms with Crippen LogP contribution in [0, 0.1) is 0 Å². The molecule has 18 heavy (non-hydrogen) atoms. The highest BCUT2D eigenvalue weighted by Gasteiger charge is 2.14. The molecule has 0 spiro atoms. The van der Waals surface area contributed by atoms with E-state index in [1.807, 2.05) is 30.3 Å². The molecule has 0 saturated carbocycles. The summed E-state index contributed by atoms with van der Waals surface area (Å²) in [6.45, 7) is 0. The molecule has 0 aliphatic rings. The molecule has 0 amide bonds. The highest BCUT2D eigenvalue weighted by molar-refractivity contribution is 5.92. The molecule has 0 aliphatic carbocycles. The van der Waals surface area contributed by atoms with Gasteiger partial charge in [0.25, 0.3) is 0 Å². The first-order valence-corrected chi connectivity index (χ1v) is 5.46. The monoisotopic (exact) mass is 243 g/mol. The number of carboxylic acids is 1. The second-order valence-electron chi connectivity index (χ2n) is 4.04. The largest absolute Gasteiger partial charge is 0.507 e. The standard InChI is InChI=1S/C14H13NO3/c15-11-7-10(6-9-4-2-1-3-5-9)13(16)12(8-11)14(17)18/h1-5,7-8,16H,6,15H2,(H,17,18). The van der Waals surface area contributed by atoms with E-state index in [0.29, 0.717) is 17.7 Å². The lowest BCUT2D eigenvalue weighted by Gasteiger charge is -2.09. The number of carbonyl (C=O) groups is 1. The van der Waals surface area contributed by atoms with Gasteiger partial charge in [-0.3, -0.25) is 0 Å². The van der Waals surface area contributed by atoms with E-state index in [2.05, 4.69) is 0 Å². The lowest BCUT2D eigenvalue weighted by atomic mass is 10.0. The average molecular weight is 243 g/mol. The minimum Gasteiger partial charge on any atom is -0.507 e. The van der Waals surface area contributed by atoms with Crippen molar-refractivity contribution in [2.75, 3.05) is 5.73 Å². The number of anilines is 1. The zero-order valence-electron chi connectivity index (χ0n) is 9.63. The minimum atomic E-state index is -1.19. The molecule has 0 heterocycles. The van der Waals surface area contributed by atoms with E-state index in [-0.39, 0.29) is 11.3 Å². The van der Waals surface area contributed by atoms with Crippen LogP contribution in [0.4, 0.5) is 5.69 Å². The summed E-state index contributed by atoms with van der Waals surface area (Å²) >= 11 is 0. The number of hydrogen-bond acceptors (Lipinski definition) is 3. The highest BCUT2D eigenvalue weighted by Crippen LogP contribution is 2.28. The molecular weight excluding hydrogens is 230 g/mol. The van der Waals surface area contributed by atoms with E-state index in [1.54, 1.807) is 6.07 Å². The normalized spacial score (nSPS) is 10.2. The molecule has 0 atom stereocenters. The summed E-state index contributed by atoms with van der Waals surface area (Å²) in [6, 6.07) is 12.3. The van der Waals surface area contributed by atoms with Gasteiger partial charge in [0, 0.05) is 17.7 Å². The Morgan fingerprint density at radius 2 is 1.83 bits per heavy atom. The summed E-state index contributed by atoms with van der Waals surface area (Å²) in [4.78, 5) is 11.0. The summed E-state index contributed by atoms with van der Waals surface area (Å²) in [5, 5.41) is 18.9. The number of nitrogen functional groups attached to an aromatic ring is 1. The maximum atomic E-state index is 11.0. The van der Waals surface area contributed by atoms with Crippen molar-refractivity contribution >= 4 is 11.7 Å². The van der Waals surface area contributed by atoms with Crippen molar-refractivity contribution in [3.05, 3.63) is 59.2 Å². The van der Waals surface area contributed by atoms with Gasteiger partial charge in [-0.1, -0.05) is 30.3 Å². The second-order valence-corrected chi connectivity index (χ2v) is 4.04. The van der Waals surface area contributed by atoms with Gasteiger partial charge in [-0.15, -0.1) is 0 Å². The molecule has 0 saturated heterocycles. The molecule has 2 rings (SSSR count). The molecule has 4 heteroatoms. The smallest absolute Gasteiger partial charge is 0.339 e. The predicted octanol–water partition coefficient (Wildman–Crippen LogP) is 2.26. The number of aromatic hydroxyl groups is 1. The Kier molecular flexibility index (Phi) is 3.19. The Morgan fingerprint density at radius 3 is 2.44 bits per heavy atom. The Morgan fingerprint density at radius 1 is 1.17 bits per heavy atom. The maximum Gasteiger partial charge on any atom is 0.339 e. The van der Waals surface area contributed by atoms with Crippen molar-refractivity contribution in [3.8, 4) is 5.75 Å². The average Bonchev–Trinajstić information content (AvgIpc) is 2.34. The van der Waals surface area contributed by atoms with Gasteiger partial charge in [-0.05, 0) is 17.7 Å². The quantitative estimate of drug-likeness (QED) is 0.570. The molecule has 0 unspecified atom stereocenters. The molecule has 0 aromatic heterocycles. The van der Waals surface area contributed by atoms with Crippen molar-refractivity contribution in [1.82, 2.24) is 0 Å². The molecule has 4 N–H and O–H groups in total. The van der Waals surface area contributed by atoms with Crippen molar-refractivity contribution < 1.29 is 15.0 Å². The molecular formula is C14H13NO3. The first kappa shape index (κ1) is 12.0. The van der Waals surface area contributed by atoms with E-state index in [9.17, 15) is 9.90 Å². The van der Waals surface area contributed by atoms with E-state index < -0.39 is 5.97 Å². The third-order valence-electron chi connectivity index (χ3n) is 2.68. The fourth-order valence-corrected chi connectivity index (χ4v) is 1.83. The van der Waals surface area contributed by atoms with Gasteiger partial charge in [0.2, 0.25) is 0 Å². The molecule has 4 nitrogen and oxygen atoms in total. The maximum absolute atomic E-state index is 11.0. The van der Waals surface area contributed by atoms with Crippen molar-refractivity contribution in [2.45, 2.75) is 6.42 Å². The molecule has 2 aromatic rings. The van der Waals surface area contributed by atoms with Crippen LogP contribution in [0.1, 0.15) is 21.5 Å². The van der Waals surface area contributed by atoms with Crippen LogP contribution in [0.5, 0.6) is 5.75 Å².